The smallest absolute Gasteiger partial charge is 0.0959 e. The van der Waals surface area contributed by atoms with Gasteiger partial charge in [-0.2, -0.15) is 0 Å². The van der Waals surface area contributed by atoms with E-state index < -0.39 is 0 Å². The molecule has 1 fully saturated rings. The number of fused-ring (bicyclic) bond motifs is 2. The van der Waals surface area contributed by atoms with Gasteiger partial charge in [-0.15, -0.1) is 0 Å². The predicted molar refractivity (Wildman–Crippen MR) is 85.8 cm³/mol. The Balaban J connectivity index is 1.83. The van der Waals surface area contributed by atoms with E-state index in [-0.39, 0.29) is 11.5 Å². The third-order valence-electron chi connectivity index (χ3n) is 7.03. The van der Waals surface area contributed by atoms with E-state index in [4.69, 9.17) is 4.74 Å². The molecule has 3 aliphatic carbocycles. The van der Waals surface area contributed by atoms with Crippen LogP contribution >= 0.6 is 0 Å². The van der Waals surface area contributed by atoms with Crippen molar-refractivity contribution in [3.05, 3.63) is 23.0 Å². The van der Waals surface area contributed by atoms with Crippen LogP contribution in [0.5, 0.6) is 0 Å². The van der Waals surface area contributed by atoms with Crippen molar-refractivity contribution in [2.24, 2.45) is 23.2 Å². The largest absolute Gasteiger partial charge is 0.501 e. The zero-order chi connectivity index (χ0) is 15.2. The van der Waals surface area contributed by atoms with Gasteiger partial charge in [-0.1, -0.05) is 25.0 Å². The van der Waals surface area contributed by atoms with Gasteiger partial charge in [0.2, 0.25) is 0 Å². The van der Waals surface area contributed by atoms with Gasteiger partial charge < -0.3 is 9.84 Å². The minimum absolute atomic E-state index is 0.0986. The Morgan fingerprint density at radius 2 is 2.14 bits per heavy atom. The molecule has 0 bridgehead atoms. The summed E-state index contributed by atoms with van der Waals surface area (Å²) in [6.07, 6.45) is 9.16. The molecule has 0 spiro atoms. The SMILES string of the molecule is COC1=CCC2=C(CC[C@@H]3[C@@H]2CC[C@](C)(C(C)O)[C@H]3C)C1. The Morgan fingerprint density at radius 1 is 1.38 bits per heavy atom. The van der Waals surface area contributed by atoms with Crippen molar-refractivity contribution < 1.29 is 9.84 Å². The zero-order valence-corrected chi connectivity index (χ0v) is 14.0. The third-order valence-corrected chi connectivity index (χ3v) is 7.03. The molecule has 0 aromatic carbocycles. The van der Waals surface area contributed by atoms with Gasteiger partial charge in [0.15, 0.2) is 0 Å². The Hall–Kier alpha value is -0.760. The Morgan fingerprint density at radius 3 is 2.81 bits per heavy atom. The number of hydrogen-bond acceptors (Lipinski definition) is 2. The lowest BCUT2D eigenvalue weighted by Gasteiger charge is -2.53. The molecule has 0 aromatic rings. The zero-order valence-electron chi connectivity index (χ0n) is 14.0. The first-order chi connectivity index (χ1) is 9.97. The molecule has 1 unspecified atom stereocenters. The fraction of sp³-hybridized carbons (Fsp3) is 0.789. The molecule has 5 atom stereocenters. The maximum Gasteiger partial charge on any atom is 0.0959 e. The summed E-state index contributed by atoms with van der Waals surface area (Å²) in [6, 6.07) is 0. The van der Waals surface area contributed by atoms with Gasteiger partial charge in [-0.3, -0.25) is 0 Å². The number of rotatable bonds is 2. The molecule has 118 valence electrons. The highest BCUT2D eigenvalue weighted by Gasteiger charge is 2.48. The summed E-state index contributed by atoms with van der Waals surface area (Å²) in [7, 11) is 1.79. The summed E-state index contributed by atoms with van der Waals surface area (Å²) >= 11 is 0. The first kappa shape index (κ1) is 15.1. The van der Waals surface area contributed by atoms with Crippen LogP contribution in [0.2, 0.25) is 0 Å². The highest BCUT2D eigenvalue weighted by atomic mass is 16.5. The molecule has 3 rings (SSSR count). The van der Waals surface area contributed by atoms with Crippen molar-refractivity contribution in [1.29, 1.82) is 0 Å². The highest BCUT2D eigenvalue weighted by Crippen LogP contribution is 2.56. The number of aliphatic hydroxyl groups is 1. The van der Waals surface area contributed by atoms with Gasteiger partial charge in [-0.25, -0.2) is 0 Å². The molecule has 0 aromatic heterocycles. The second kappa shape index (κ2) is 5.46. The average Bonchev–Trinajstić information content (AvgIpc) is 2.49. The van der Waals surface area contributed by atoms with Crippen molar-refractivity contribution in [3.63, 3.8) is 0 Å². The fourth-order valence-electron chi connectivity index (χ4n) is 5.14. The predicted octanol–water partition coefficient (Wildman–Crippen LogP) is 4.45. The molecule has 2 nitrogen and oxygen atoms in total. The van der Waals surface area contributed by atoms with E-state index >= 15 is 0 Å². The van der Waals surface area contributed by atoms with Gasteiger partial charge >= 0.3 is 0 Å². The first-order valence-corrected chi connectivity index (χ1v) is 8.59. The quantitative estimate of drug-likeness (QED) is 0.761. The van der Waals surface area contributed by atoms with Crippen LogP contribution in [-0.4, -0.2) is 18.3 Å². The average molecular weight is 290 g/mol. The van der Waals surface area contributed by atoms with Crippen molar-refractivity contribution in [2.45, 2.75) is 65.4 Å². The van der Waals surface area contributed by atoms with E-state index in [1.807, 2.05) is 6.92 Å². The molecule has 0 aliphatic heterocycles. The van der Waals surface area contributed by atoms with Crippen LogP contribution in [0.15, 0.2) is 23.0 Å². The van der Waals surface area contributed by atoms with Crippen molar-refractivity contribution in [2.75, 3.05) is 7.11 Å². The molecule has 2 heteroatoms. The topological polar surface area (TPSA) is 29.5 Å². The Labute approximate surface area is 129 Å². The molecule has 1 N–H and O–H groups in total. The highest BCUT2D eigenvalue weighted by molar-refractivity contribution is 5.32. The van der Waals surface area contributed by atoms with E-state index in [0.717, 1.165) is 36.9 Å². The summed E-state index contributed by atoms with van der Waals surface area (Å²) in [5.74, 6) is 3.28. The number of methoxy groups -OCH3 is 1. The van der Waals surface area contributed by atoms with Gasteiger partial charge in [0, 0.05) is 6.42 Å². The maximum atomic E-state index is 10.3. The van der Waals surface area contributed by atoms with Gasteiger partial charge in [0.25, 0.3) is 0 Å². The van der Waals surface area contributed by atoms with Gasteiger partial charge in [0.1, 0.15) is 0 Å². The standard InChI is InChI=1S/C19H30O2/c1-12-16-7-5-14-11-15(21-4)6-8-17(14)18(16)9-10-19(12,3)13(2)20/h6,12-13,16,18,20H,5,7-11H2,1-4H3/t12-,13?,16-,18-,19-/m0/s1. The maximum absolute atomic E-state index is 10.3. The second-order valence-corrected chi connectivity index (χ2v) is 7.70. The van der Waals surface area contributed by atoms with Crippen LogP contribution in [0.3, 0.4) is 0 Å². The summed E-state index contributed by atoms with van der Waals surface area (Å²) in [5.41, 5.74) is 3.47. The monoisotopic (exact) mass is 290 g/mol. The van der Waals surface area contributed by atoms with E-state index in [1.165, 1.54) is 19.3 Å². The molecule has 0 amide bonds. The summed E-state index contributed by atoms with van der Waals surface area (Å²) in [6.45, 7) is 6.67. The van der Waals surface area contributed by atoms with Crippen LogP contribution in [0.4, 0.5) is 0 Å². The summed E-state index contributed by atoms with van der Waals surface area (Å²) in [4.78, 5) is 0. The van der Waals surface area contributed by atoms with Crippen LogP contribution in [0.25, 0.3) is 0 Å². The Bertz CT molecular complexity index is 474. The fourth-order valence-corrected chi connectivity index (χ4v) is 5.14. The lowest BCUT2D eigenvalue weighted by molar-refractivity contribution is -0.0597. The molecule has 0 saturated heterocycles. The van der Waals surface area contributed by atoms with Crippen molar-refractivity contribution in [3.8, 4) is 0 Å². The molecule has 3 aliphatic rings. The lowest BCUT2D eigenvalue weighted by atomic mass is 9.53. The molecule has 21 heavy (non-hydrogen) atoms. The van der Waals surface area contributed by atoms with Gasteiger partial charge in [-0.05, 0) is 68.3 Å². The normalized spacial score (nSPS) is 41.0. The van der Waals surface area contributed by atoms with E-state index in [2.05, 4.69) is 19.9 Å². The molecular formula is C19H30O2. The first-order valence-electron chi connectivity index (χ1n) is 8.59. The number of ether oxygens (including phenoxy) is 1. The minimum Gasteiger partial charge on any atom is -0.501 e. The van der Waals surface area contributed by atoms with E-state index in [0.29, 0.717) is 5.92 Å². The molecule has 0 radical (unpaired) electrons. The number of aliphatic hydroxyl groups excluding tert-OH is 1. The van der Waals surface area contributed by atoms with Crippen molar-refractivity contribution >= 4 is 0 Å². The van der Waals surface area contributed by atoms with Crippen molar-refractivity contribution in [1.82, 2.24) is 0 Å². The minimum atomic E-state index is -0.199. The van der Waals surface area contributed by atoms with E-state index in [9.17, 15) is 5.11 Å². The van der Waals surface area contributed by atoms with Gasteiger partial charge in [0.05, 0.1) is 19.0 Å². The number of allylic oxidation sites excluding steroid dienone is 3. The van der Waals surface area contributed by atoms with Crippen LogP contribution in [0, 0.1) is 23.2 Å². The molecule has 1 saturated carbocycles. The third kappa shape index (κ3) is 2.36. The van der Waals surface area contributed by atoms with Crippen LogP contribution in [0.1, 0.15) is 59.3 Å². The molecule has 0 heterocycles. The van der Waals surface area contributed by atoms with E-state index in [1.54, 1.807) is 18.3 Å². The lowest BCUT2D eigenvalue weighted by Crippen LogP contribution is -2.47. The second-order valence-electron chi connectivity index (χ2n) is 7.70. The van der Waals surface area contributed by atoms with Crippen LogP contribution < -0.4 is 0 Å². The summed E-state index contributed by atoms with van der Waals surface area (Å²) < 4.78 is 5.46. The van der Waals surface area contributed by atoms with Crippen LogP contribution in [-0.2, 0) is 4.74 Å². The Kier molecular flexibility index (Phi) is 3.94. The summed E-state index contributed by atoms with van der Waals surface area (Å²) in [5, 5.41) is 10.3. The molecular weight excluding hydrogens is 260 g/mol. The number of hydrogen-bond donors (Lipinski definition) is 1.